The van der Waals surface area contributed by atoms with Gasteiger partial charge in [-0.15, -0.1) is 11.3 Å². The van der Waals surface area contributed by atoms with E-state index in [1.807, 2.05) is 24.8 Å². The largest absolute Gasteiger partial charge is 0.371 e. The summed E-state index contributed by atoms with van der Waals surface area (Å²) in [7, 11) is 0. The van der Waals surface area contributed by atoms with Crippen molar-refractivity contribution in [3.8, 4) is 0 Å². The third kappa shape index (κ3) is 3.15. The molecule has 0 spiro atoms. The second-order valence-corrected chi connectivity index (χ2v) is 7.52. The van der Waals surface area contributed by atoms with Gasteiger partial charge in [0, 0.05) is 18.4 Å². The van der Waals surface area contributed by atoms with Crippen molar-refractivity contribution < 1.29 is 9.53 Å². The molecule has 0 aromatic carbocycles. The first-order chi connectivity index (χ1) is 8.51. The maximum atomic E-state index is 12.4. The molecular formula is C12H15Br2NO2S. The van der Waals surface area contributed by atoms with E-state index >= 15 is 0 Å². The number of morpholine rings is 1. The zero-order valence-corrected chi connectivity index (χ0v) is 14.3. The molecule has 0 bridgehead atoms. The Balaban J connectivity index is 2.13. The van der Waals surface area contributed by atoms with Gasteiger partial charge in [0.2, 0.25) is 0 Å². The Bertz CT molecular complexity index is 430. The zero-order valence-electron chi connectivity index (χ0n) is 10.3. The van der Waals surface area contributed by atoms with Crippen LogP contribution in [0.25, 0.3) is 0 Å². The fraction of sp³-hybridized carbons (Fsp3) is 0.583. The third-order valence-corrected chi connectivity index (χ3v) is 5.70. The van der Waals surface area contributed by atoms with Gasteiger partial charge in [-0.25, -0.2) is 0 Å². The third-order valence-electron chi connectivity index (χ3n) is 2.85. The summed E-state index contributed by atoms with van der Waals surface area (Å²) < 4.78 is 6.77. The summed E-state index contributed by atoms with van der Waals surface area (Å²) in [6, 6.07) is 1.94. The molecule has 1 saturated heterocycles. The van der Waals surface area contributed by atoms with Crippen molar-refractivity contribution in [3.63, 3.8) is 0 Å². The minimum absolute atomic E-state index is 0.0854. The van der Waals surface area contributed by atoms with E-state index in [4.69, 9.17) is 4.74 Å². The van der Waals surface area contributed by atoms with Crippen LogP contribution < -0.4 is 0 Å². The second-order valence-electron chi connectivity index (χ2n) is 4.50. The van der Waals surface area contributed by atoms with Gasteiger partial charge in [-0.3, -0.25) is 4.79 Å². The average Bonchev–Trinajstić information content (AvgIpc) is 2.68. The molecule has 18 heavy (non-hydrogen) atoms. The summed E-state index contributed by atoms with van der Waals surface area (Å²) in [5.74, 6) is 0.106. The maximum Gasteiger partial charge on any atom is 0.264 e. The van der Waals surface area contributed by atoms with Crippen molar-refractivity contribution in [2.24, 2.45) is 0 Å². The number of carbonyl (C=O) groups is 1. The smallest absolute Gasteiger partial charge is 0.264 e. The van der Waals surface area contributed by atoms with Gasteiger partial charge in [-0.2, -0.15) is 0 Å². The molecular weight excluding hydrogens is 382 g/mol. The Labute approximate surface area is 128 Å². The molecule has 1 aromatic rings. The minimum atomic E-state index is 0.0854. The quantitative estimate of drug-likeness (QED) is 0.716. The Morgan fingerprint density at radius 3 is 2.89 bits per heavy atom. The molecule has 3 nitrogen and oxygen atoms in total. The lowest BCUT2D eigenvalue weighted by molar-refractivity contribution is -0.0558. The van der Waals surface area contributed by atoms with E-state index in [0.29, 0.717) is 13.1 Å². The number of nitrogens with zero attached hydrogens (tertiary/aromatic N) is 1. The van der Waals surface area contributed by atoms with E-state index in [1.54, 1.807) is 0 Å². The molecule has 1 aromatic heterocycles. The molecule has 2 unspecified atom stereocenters. The van der Waals surface area contributed by atoms with Crippen molar-refractivity contribution in [2.75, 3.05) is 18.4 Å². The van der Waals surface area contributed by atoms with Crippen LogP contribution in [0, 0.1) is 6.92 Å². The molecule has 0 saturated carbocycles. The van der Waals surface area contributed by atoms with E-state index in [1.165, 1.54) is 11.3 Å². The van der Waals surface area contributed by atoms with Crippen LogP contribution in [0.2, 0.25) is 0 Å². The Hall–Kier alpha value is 0.0900. The molecule has 0 radical (unpaired) electrons. The first-order valence-corrected chi connectivity index (χ1v) is 8.51. The molecule has 2 rings (SSSR count). The highest BCUT2D eigenvalue weighted by atomic mass is 79.9. The molecule has 1 aliphatic rings. The Morgan fingerprint density at radius 2 is 2.33 bits per heavy atom. The summed E-state index contributed by atoms with van der Waals surface area (Å²) in [6.45, 7) is 5.32. The number of thiophene rings is 1. The highest BCUT2D eigenvalue weighted by Crippen LogP contribution is 2.29. The number of rotatable bonds is 2. The van der Waals surface area contributed by atoms with Gasteiger partial charge in [0.1, 0.15) is 0 Å². The molecule has 0 aliphatic carbocycles. The van der Waals surface area contributed by atoms with Gasteiger partial charge < -0.3 is 9.64 Å². The molecule has 100 valence electrons. The second kappa shape index (κ2) is 6.03. The standard InChI is InChI=1S/C12H15Br2NO2S/c1-7-3-10(18-11(7)14)12(16)15-5-8(2)17-9(4-13)6-15/h3,8-9H,4-6H2,1-2H3. The number of aryl methyl sites for hydroxylation is 1. The monoisotopic (exact) mass is 395 g/mol. The summed E-state index contributed by atoms with van der Waals surface area (Å²) in [6.07, 6.45) is 0.178. The van der Waals surface area contributed by atoms with Crippen LogP contribution in [0.15, 0.2) is 9.85 Å². The topological polar surface area (TPSA) is 29.5 Å². The summed E-state index contributed by atoms with van der Waals surface area (Å²) >= 11 is 8.38. The lowest BCUT2D eigenvalue weighted by atomic mass is 10.2. The highest BCUT2D eigenvalue weighted by Gasteiger charge is 2.29. The lowest BCUT2D eigenvalue weighted by Crippen LogP contribution is -2.49. The van der Waals surface area contributed by atoms with Crippen LogP contribution in [0.3, 0.4) is 0 Å². The zero-order chi connectivity index (χ0) is 13.3. The molecule has 2 atom stereocenters. The molecule has 2 heterocycles. The van der Waals surface area contributed by atoms with Crippen LogP contribution >= 0.6 is 43.2 Å². The minimum Gasteiger partial charge on any atom is -0.371 e. The predicted octanol–water partition coefficient (Wildman–Crippen LogP) is 3.44. The van der Waals surface area contributed by atoms with Crippen LogP contribution in [0.4, 0.5) is 0 Å². The van der Waals surface area contributed by atoms with Crippen molar-refractivity contribution in [1.29, 1.82) is 0 Å². The number of alkyl halides is 1. The van der Waals surface area contributed by atoms with Gasteiger partial charge >= 0.3 is 0 Å². The van der Waals surface area contributed by atoms with E-state index in [9.17, 15) is 4.79 Å². The van der Waals surface area contributed by atoms with Crippen molar-refractivity contribution >= 4 is 49.1 Å². The summed E-state index contributed by atoms with van der Waals surface area (Å²) in [5, 5.41) is 0.758. The van der Waals surface area contributed by atoms with Crippen LogP contribution in [0.5, 0.6) is 0 Å². The number of halogens is 2. The molecule has 1 amide bonds. The molecule has 1 fully saturated rings. The van der Waals surface area contributed by atoms with Crippen molar-refractivity contribution in [2.45, 2.75) is 26.1 Å². The summed E-state index contributed by atoms with van der Waals surface area (Å²) in [4.78, 5) is 15.1. The van der Waals surface area contributed by atoms with Gasteiger partial charge in [0.25, 0.3) is 5.91 Å². The SMILES string of the molecule is Cc1cc(C(=O)N2CC(C)OC(CBr)C2)sc1Br. The number of ether oxygens (including phenoxy) is 1. The molecule has 0 N–H and O–H groups in total. The molecule has 6 heteroatoms. The van der Waals surface area contributed by atoms with Gasteiger partial charge in [-0.1, -0.05) is 15.9 Å². The van der Waals surface area contributed by atoms with E-state index in [-0.39, 0.29) is 18.1 Å². The maximum absolute atomic E-state index is 12.4. The van der Waals surface area contributed by atoms with Gasteiger partial charge in [0.05, 0.1) is 20.9 Å². The van der Waals surface area contributed by atoms with Crippen LogP contribution in [0.1, 0.15) is 22.2 Å². The van der Waals surface area contributed by atoms with Gasteiger partial charge in [-0.05, 0) is 41.4 Å². The van der Waals surface area contributed by atoms with Gasteiger partial charge in [0.15, 0.2) is 0 Å². The first-order valence-electron chi connectivity index (χ1n) is 5.78. The number of hydrogen-bond donors (Lipinski definition) is 0. The Morgan fingerprint density at radius 1 is 1.61 bits per heavy atom. The average molecular weight is 397 g/mol. The van der Waals surface area contributed by atoms with E-state index < -0.39 is 0 Å². The fourth-order valence-electron chi connectivity index (χ4n) is 2.02. The van der Waals surface area contributed by atoms with Crippen molar-refractivity contribution in [3.05, 3.63) is 20.3 Å². The fourth-order valence-corrected chi connectivity index (χ4v) is 3.88. The number of amides is 1. The summed E-state index contributed by atoms with van der Waals surface area (Å²) in [5.41, 5.74) is 1.11. The highest BCUT2D eigenvalue weighted by molar-refractivity contribution is 9.11. The number of hydrogen-bond acceptors (Lipinski definition) is 3. The van der Waals surface area contributed by atoms with Crippen LogP contribution in [-0.2, 0) is 4.74 Å². The molecule has 1 aliphatic heterocycles. The lowest BCUT2D eigenvalue weighted by Gasteiger charge is -2.35. The van der Waals surface area contributed by atoms with Crippen LogP contribution in [-0.4, -0.2) is 41.4 Å². The Kier molecular flexibility index (Phi) is 4.86. The predicted molar refractivity (Wildman–Crippen MR) is 80.8 cm³/mol. The number of carbonyl (C=O) groups excluding carboxylic acids is 1. The normalized spacial score (nSPS) is 24.3. The first kappa shape index (κ1) is 14.5. The van der Waals surface area contributed by atoms with Crippen molar-refractivity contribution in [1.82, 2.24) is 4.90 Å². The van der Waals surface area contributed by atoms with E-state index in [2.05, 4.69) is 31.9 Å². The van der Waals surface area contributed by atoms with E-state index in [0.717, 1.165) is 19.6 Å².